The molecule has 4 N–H and O–H groups in total. The molecule has 3 unspecified atom stereocenters. The van der Waals surface area contributed by atoms with Crippen LogP contribution in [0.5, 0.6) is 0 Å². The van der Waals surface area contributed by atoms with Crippen LogP contribution >= 0.6 is 11.8 Å². The van der Waals surface area contributed by atoms with E-state index in [0.29, 0.717) is 22.9 Å². The summed E-state index contributed by atoms with van der Waals surface area (Å²) in [5.41, 5.74) is 1.17. The van der Waals surface area contributed by atoms with Gasteiger partial charge in [0.05, 0.1) is 18.5 Å². The summed E-state index contributed by atoms with van der Waals surface area (Å²) in [6.07, 6.45) is 2.94. The molecule has 2 fully saturated rings. The lowest BCUT2D eigenvalue weighted by molar-refractivity contribution is -0.136. The molecule has 0 aliphatic carbocycles. The molecule has 8 heteroatoms. The van der Waals surface area contributed by atoms with Gasteiger partial charge in [-0.15, -0.1) is 0 Å². The molecule has 0 aromatic heterocycles. The minimum absolute atomic E-state index is 0.0790. The molecule has 0 bridgehead atoms. The summed E-state index contributed by atoms with van der Waals surface area (Å²) in [5, 5.41) is 18.0. The molecule has 3 atom stereocenters. The largest absolute Gasteiger partial charge is 0.481 e. The second-order valence-electron chi connectivity index (χ2n) is 6.64. The van der Waals surface area contributed by atoms with Crippen LogP contribution in [0.4, 0.5) is 10.5 Å². The number of carboxylic acids is 1. The van der Waals surface area contributed by atoms with Gasteiger partial charge in [0.2, 0.25) is 5.91 Å². The van der Waals surface area contributed by atoms with Crippen molar-refractivity contribution in [3.63, 3.8) is 0 Å². The Balaban J connectivity index is 1.40. The molecule has 0 radical (unpaired) electrons. The Labute approximate surface area is 156 Å². The third-order valence-electron chi connectivity index (χ3n) is 4.71. The molecular weight excluding hydrogens is 354 g/mol. The minimum atomic E-state index is -0.924. The van der Waals surface area contributed by atoms with Crippen molar-refractivity contribution in [2.45, 2.75) is 49.4 Å². The fourth-order valence-corrected chi connectivity index (χ4v) is 4.99. The molecule has 2 aliphatic rings. The Morgan fingerprint density at radius 3 is 2.85 bits per heavy atom. The van der Waals surface area contributed by atoms with E-state index in [1.54, 1.807) is 24.3 Å². The quantitative estimate of drug-likeness (QED) is 0.409. The third kappa shape index (κ3) is 4.69. The standard InChI is InChI=1S/C18H23N3O4S/c22-15(19-12-6-2-1-5-11(12)9-16(23)24)8-4-3-7-14-17-13(10-26-14)20-18(25)21-17/h1-2,5-6,13-14,17H,3-4,7-10H2,(H,19,22)(H,23,24)(H2,20,21,25). The number of carboxylic acid groups (broad SMARTS) is 1. The lowest BCUT2D eigenvalue weighted by Gasteiger charge is -2.16. The molecule has 26 heavy (non-hydrogen) atoms. The van der Waals surface area contributed by atoms with Gasteiger partial charge < -0.3 is 21.1 Å². The summed E-state index contributed by atoms with van der Waals surface area (Å²) >= 11 is 1.87. The summed E-state index contributed by atoms with van der Waals surface area (Å²) in [6, 6.07) is 7.32. The third-order valence-corrected chi connectivity index (χ3v) is 6.22. The van der Waals surface area contributed by atoms with E-state index in [1.165, 1.54) is 0 Å². The maximum atomic E-state index is 12.1. The van der Waals surface area contributed by atoms with Crippen molar-refractivity contribution in [2.75, 3.05) is 11.1 Å². The predicted molar refractivity (Wildman–Crippen MR) is 100 cm³/mol. The van der Waals surface area contributed by atoms with E-state index in [-0.39, 0.29) is 30.4 Å². The Hall–Kier alpha value is -2.22. The first-order chi connectivity index (χ1) is 12.5. The van der Waals surface area contributed by atoms with Crippen molar-refractivity contribution in [2.24, 2.45) is 0 Å². The number of nitrogens with one attached hydrogen (secondary N) is 3. The zero-order chi connectivity index (χ0) is 18.5. The molecule has 1 aromatic carbocycles. The van der Waals surface area contributed by atoms with Crippen LogP contribution < -0.4 is 16.0 Å². The Morgan fingerprint density at radius 2 is 2.04 bits per heavy atom. The number of thioether (sulfide) groups is 1. The van der Waals surface area contributed by atoms with E-state index >= 15 is 0 Å². The SMILES string of the molecule is O=C(O)Cc1ccccc1NC(=O)CCCCC1SCC2NC(=O)NC21. The number of hydrogen-bond acceptors (Lipinski definition) is 4. The fraction of sp³-hybridized carbons (Fsp3) is 0.500. The topological polar surface area (TPSA) is 108 Å². The first-order valence-electron chi connectivity index (χ1n) is 8.81. The van der Waals surface area contributed by atoms with Crippen molar-refractivity contribution in [3.8, 4) is 0 Å². The van der Waals surface area contributed by atoms with Gasteiger partial charge in [0, 0.05) is 23.1 Å². The lowest BCUT2D eigenvalue weighted by atomic mass is 10.0. The van der Waals surface area contributed by atoms with Crippen molar-refractivity contribution in [3.05, 3.63) is 29.8 Å². The van der Waals surface area contributed by atoms with Gasteiger partial charge in [0.1, 0.15) is 0 Å². The fourth-order valence-electron chi connectivity index (χ4n) is 3.45. The second kappa shape index (κ2) is 8.44. The summed E-state index contributed by atoms with van der Waals surface area (Å²) in [4.78, 5) is 34.4. The summed E-state index contributed by atoms with van der Waals surface area (Å²) in [6.45, 7) is 0. The van der Waals surface area contributed by atoms with Crippen LogP contribution in [0.1, 0.15) is 31.2 Å². The van der Waals surface area contributed by atoms with Crippen LogP contribution in [0.15, 0.2) is 24.3 Å². The number of carbonyl (C=O) groups excluding carboxylic acids is 2. The molecule has 0 saturated carbocycles. The Morgan fingerprint density at radius 1 is 1.23 bits per heavy atom. The van der Waals surface area contributed by atoms with Crippen molar-refractivity contribution in [1.29, 1.82) is 0 Å². The van der Waals surface area contributed by atoms with Crippen LogP contribution in [0.25, 0.3) is 0 Å². The molecule has 0 spiro atoms. The zero-order valence-electron chi connectivity index (χ0n) is 14.4. The van der Waals surface area contributed by atoms with Crippen LogP contribution in [-0.2, 0) is 16.0 Å². The van der Waals surface area contributed by atoms with Gasteiger partial charge in [-0.3, -0.25) is 9.59 Å². The first-order valence-corrected chi connectivity index (χ1v) is 9.86. The molecule has 7 nitrogen and oxygen atoms in total. The number of unbranched alkanes of at least 4 members (excludes halogenated alkanes) is 1. The van der Waals surface area contributed by atoms with E-state index in [9.17, 15) is 14.4 Å². The maximum Gasteiger partial charge on any atom is 0.315 e. The molecule has 2 saturated heterocycles. The van der Waals surface area contributed by atoms with Crippen molar-refractivity contribution in [1.82, 2.24) is 10.6 Å². The van der Waals surface area contributed by atoms with Crippen LogP contribution in [0.2, 0.25) is 0 Å². The van der Waals surface area contributed by atoms with Crippen molar-refractivity contribution < 1.29 is 19.5 Å². The molecule has 2 heterocycles. The number of urea groups is 1. The number of anilines is 1. The number of benzene rings is 1. The molecule has 140 valence electrons. The van der Waals surface area contributed by atoms with Gasteiger partial charge in [-0.05, 0) is 24.5 Å². The second-order valence-corrected chi connectivity index (χ2v) is 7.92. The average molecular weight is 377 g/mol. The molecule has 3 rings (SSSR count). The average Bonchev–Trinajstić information content (AvgIpc) is 3.12. The summed E-state index contributed by atoms with van der Waals surface area (Å²) in [7, 11) is 0. The zero-order valence-corrected chi connectivity index (χ0v) is 15.2. The number of hydrogen-bond donors (Lipinski definition) is 4. The molecule has 1 aromatic rings. The van der Waals surface area contributed by atoms with Crippen molar-refractivity contribution >= 4 is 35.4 Å². The van der Waals surface area contributed by atoms with Gasteiger partial charge >= 0.3 is 12.0 Å². The number of carbonyl (C=O) groups is 3. The van der Waals surface area contributed by atoms with E-state index in [4.69, 9.17) is 5.11 Å². The van der Waals surface area contributed by atoms with Gasteiger partial charge in [-0.25, -0.2) is 4.79 Å². The van der Waals surface area contributed by atoms with Gasteiger partial charge in [-0.1, -0.05) is 24.6 Å². The molecule has 3 amide bonds. The number of fused-ring (bicyclic) bond motifs is 1. The highest BCUT2D eigenvalue weighted by molar-refractivity contribution is 8.00. The van der Waals surface area contributed by atoms with E-state index in [2.05, 4.69) is 16.0 Å². The Kier molecular flexibility index (Phi) is 6.03. The number of para-hydroxylation sites is 1. The lowest BCUT2D eigenvalue weighted by Crippen LogP contribution is -2.36. The number of aliphatic carboxylic acids is 1. The van der Waals surface area contributed by atoms with E-state index < -0.39 is 5.97 Å². The van der Waals surface area contributed by atoms with Gasteiger partial charge in [-0.2, -0.15) is 11.8 Å². The smallest absolute Gasteiger partial charge is 0.315 e. The van der Waals surface area contributed by atoms with E-state index in [0.717, 1.165) is 25.0 Å². The number of rotatable bonds is 8. The summed E-state index contributed by atoms with van der Waals surface area (Å²) in [5.74, 6) is -0.0854. The van der Waals surface area contributed by atoms with Crippen LogP contribution in [0, 0.1) is 0 Å². The van der Waals surface area contributed by atoms with Gasteiger partial charge in [0.25, 0.3) is 0 Å². The van der Waals surface area contributed by atoms with E-state index in [1.807, 2.05) is 11.8 Å². The molecular formula is C18H23N3O4S. The highest BCUT2D eigenvalue weighted by Crippen LogP contribution is 2.33. The normalized spacial score (nSPS) is 23.8. The minimum Gasteiger partial charge on any atom is -0.481 e. The number of amides is 3. The summed E-state index contributed by atoms with van der Waals surface area (Å²) < 4.78 is 0. The van der Waals surface area contributed by atoms with Crippen LogP contribution in [-0.4, -0.2) is 46.1 Å². The highest BCUT2D eigenvalue weighted by atomic mass is 32.2. The van der Waals surface area contributed by atoms with Crippen LogP contribution in [0.3, 0.4) is 0 Å². The Bertz CT molecular complexity index is 697. The highest BCUT2D eigenvalue weighted by Gasteiger charge is 2.42. The first kappa shape index (κ1) is 18.6. The monoisotopic (exact) mass is 377 g/mol. The molecule has 2 aliphatic heterocycles. The maximum absolute atomic E-state index is 12.1. The predicted octanol–water partition coefficient (Wildman–Crippen LogP) is 1.98. The van der Waals surface area contributed by atoms with Gasteiger partial charge in [0.15, 0.2) is 0 Å².